The van der Waals surface area contributed by atoms with Crippen LogP contribution in [0.25, 0.3) is 0 Å². The maximum atomic E-state index is 4.30. The number of rotatable bonds is 4. The fraction of sp³-hybridized carbons (Fsp3) is 0.400. The van der Waals surface area contributed by atoms with Gasteiger partial charge >= 0.3 is 0 Å². The Labute approximate surface area is 87.2 Å². The fourth-order valence-corrected chi connectivity index (χ4v) is 1.26. The van der Waals surface area contributed by atoms with E-state index in [0.717, 1.165) is 23.1 Å². The Balaban J connectivity index is 2.53. The molecule has 0 radical (unpaired) electrons. The molecule has 0 aromatic carbocycles. The lowest BCUT2D eigenvalue weighted by Gasteiger charge is -1.95. The molecule has 1 heterocycles. The summed E-state index contributed by atoms with van der Waals surface area (Å²) in [6.07, 6.45) is 5.96. The zero-order valence-corrected chi connectivity index (χ0v) is 9.29. The molecule has 1 aromatic heterocycles. The van der Waals surface area contributed by atoms with Crippen LogP contribution < -0.4 is 0 Å². The minimum absolute atomic E-state index is 0.857. The van der Waals surface area contributed by atoms with E-state index in [4.69, 9.17) is 0 Å². The second kappa shape index (κ2) is 5.86. The van der Waals surface area contributed by atoms with Crippen molar-refractivity contribution < 1.29 is 0 Å². The molecule has 0 N–H and O–H groups in total. The smallest absolute Gasteiger partial charge is 0.114 e. The number of hydrogen-bond donors (Lipinski definition) is 0. The topological polar surface area (TPSA) is 25.2 Å². The highest BCUT2D eigenvalue weighted by Gasteiger charge is 1.93. The highest BCUT2D eigenvalue weighted by Crippen LogP contribution is 2.09. The second-order valence-corrected chi connectivity index (χ2v) is 3.52. The van der Waals surface area contributed by atoms with Gasteiger partial charge < -0.3 is 0 Å². The van der Waals surface area contributed by atoms with Gasteiger partial charge in [-0.1, -0.05) is 13.3 Å². The summed E-state index contributed by atoms with van der Waals surface area (Å²) >= 11 is 3.36. The van der Waals surface area contributed by atoms with E-state index < -0.39 is 0 Å². The van der Waals surface area contributed by atoms with Gasteiger partial charge in [0.15, 0.2) is 0 Å². The Kier molecular flexibility index (Phi) is 4.68. The van der Waals surface area contributed by atoms with E-state index in [1.165, 1.54) is 6.42 Å². The van der Waals surface area contributed by atoms with Crippen molar-refractivity contribution in [2.24, 2.45) is 4.99 Å². The lowest BCUT2D eigenvalue weighted by molar-refractivity contribution is 0.810. The fourth-order valence-electron chi connectivity index (χ4n) is 0.907. The van der Waals surface area contributed by atoms with Crippen LogP contribution >= 0.6 is 15.9 Å². The van der Waals surface area contributed by atoms with E-state index in [1.54, 1.807) is 6.20 Å². The van der Waals surface area contributed by atoms with E-state index in [-0.39, 0.29) is 0 Å². The zero-order valence-electron chi connectivity index (χ0n) is 7.70. The van der Waals surface area contributed by atoms with Crippen molar-refractivity contribution in [2.75, 3.05) is 6.54 Å². The van der Waals surface area contributed by atoms with Gasteiger partial charge in [-0.2, -0.15) is 0 Å². The van der Waals surface area contributed by atoms with E-state index in [1.807, 2.05) is 18.3 Å². The lowest BCUT2D eigenvalue weighted by Crippen LogP contribution is -1.87. The van der Waals surface area contributed by atoms with Crippen molar-refractivity contribution >= 4 is 22.1 Å². The van der Waals surface area contributed by atoms with Crippen LogP contribution in [0.15, 0.2) is 27.9 Å². The van der Waals surface area contributed by atoms with Gasteiger partial charge in [0.1, 0.15) is 4.60 Å². The number of unbranched alkanes of at least 4 members (excludes halogenated alkanes) is 1. The molecule has 0 aliphatic carbocycles. The molecule has 0 aliphatic heterocycles. The normalized spacial score (nSPS) is 10.9. The molecule has 0 bridgehead atoms. The van der Waals surface area contributed by atoms with Gasteiger partial charge in [0.2, 0.25) is 0 Å². The van der Waals surface area contributed by atoms with Gasteiger partial charge in [-0.05, 0) is 34.5 Å². The van der Waals surface area contributed by atoms with Crippen molar-refractivity contribution in [3.8, 4) is 0 Å². The molecular formula is C10H13BrN2. The minimum atomic E-state index is 0.857. The Morgan fingerprint density at radius 3 is 3.15 bits per heavy atom. The molecule has 0 atom stereocenters. The van der Waals surface area contributed by atoms with Crippen LogP contribution in [0.5, 0.6) is 0 Å². The Morgan fingerprint density at radius 2 is 2.46 bits per heavy atom. The number of pyridine rings is 1. The molecule has 0 unspecified atom stereocenters. The highest BCUT2D eigenvalue weighted by molar-refractivity contribution is 9.10. The van der Waals surface area contributed by atoms with E-state index in [2.05, 4.69) is 32.8 Å². The lowest BCUT2D eigenvalue weighted by atomic mass is 10.3. The number of nitrogens with zero attached hydrogens (tertiary/aromatic N) is 2. The molecule has 1 aromatic rings. The maximum Gasteiger partial charge on any atom is 0.114 e. The van der Waals surface area contributed by atoms with Crippen molar-refractivity contribution in [1.29, 1.82) is 0 Å². The quantitative estimate of drug-likeness (QED) is 0.451. The van der Waals surface area contributed by atoms with Gasteiger partial charge in [0.05, 0.1) is 0 Å². The predicted octanol–water partition coefficient (Wildman–Crippen LogP) is 3.06. The van der Waals surface area contributed by atoms with Gasteiger partial charge in [-0.15, -0.1) is 0 Å². The third-order valence-corrected chi connectivity index (χ3v) is 2.32. The summed E-state index contributed by atoms with van der Waals surface area (Å²) < 4.78 is 0.857. The average Bonchev–Trinajstić information content (AvgIpc) is 2.15. The van der Waals surface area contributed by atoms with Crippen LogP contribution in [0.4, 0.5) is 0 Å². The van der Waals surface area contributed by atoms with Crippen LogP contribution in [0, 0.1) is 0 Å². The second-order valence-electron chi connectivity index (χ2n) is 2.77. The van der Waals surface area contributed by atoms with Gasteiger partial charge in [0, 0.05) is 24.5 Å². The largest absolute Gasteiger partial charge is 0.292 e. The molecule has 1 rings (SSSR count). The molecule has 0 amide bonds. The van der Waals surface area contributed by atoms with Crippen molar-refractivity contribution in [3.63, 3.8) is 0 Å². The summed E-state index contributed by atoms with van der Waals surface area (Å²) in [7, 11) is 0. The standard InChI is InChI=1S/C10H13BrN2/c1-2-3-6-12-8-9-5-4-7-13-10(9)11/h4-5,7-8H,2-3,6H2,1H3/b12-8+. The first-order valence-electron chi connectivity index (χ1n) is 4.45. The molecule has 0 aliphatic rings. The molecule has 3 heteroatoms. The molecule has 2 nitrogen and oxygen atoms in total. The van der Waals surface area contributed by atoms with Crippen LogP contribution in [0.2, 0.25) is 0 Å². The summed E-state index contributed by atoms with van der Waals surface area (Å²) in [5.41, 5.74) is 1.04. The van der Waals surface area contributed by atoms with Crippen molar-refractivity contribution in [1.82, 2.24) is 4.98 Å². The average molecular weight is 241 g/mol. The molecule has 0 spiro atoms. The third-order valence-electron chi connectivity index (χ3n) is 1.66. The molecule has 13 heavy (non-hydrogen) atoms. The first kappa shape index (κ1) is 10.4. The summed E-state index contributed by atoms with van der Waals surface area (Å²) in [5, 5.41) is 0. The number of hydrogen-bond acceptors (Lipinski definition) is 2. The van der Waals surface area contributed by atoms with Crippen LogP contribution in [0.1, 0.15) is 25.3 Å². The molecule has 0 fully saturated rings. The van der Waals surface area contributed by atoms with E-state index in [0.29, 0.717) is 0 Å². The maximum absolute atomic E-state index is 4.30. The number of aromatic nitrogens is 1. The van der Waals surface area contributed by atoms with Crippen molar-refractivity contribution in [3.05, 3.63) is 28.5 Å². The molecule has 0 saturated heterocycles. The van der Waals surface area contributed by atoms with Crippen LogP contribution in [-0.4, -0.2) is 17.7 Å². The van der Waals surface area contributed by atoms with E-state index >= 15 is 0 Å². The molecule has 0 saturated carbocycles. The third kappa shape index (κ3) is 3.68. The number of halogens is 1. The Bertz CT molecular complexity index is 284. The molecular weight excluding hydrogens is 228 g/mol. The monoisotopic (exact) mass is 240 g/mol. The van der Waals surface area contributed by atoms with Crippen LogP contribution in [-0.2, 0) is 0 Å². The first-order valence-corrected chi connectivity index (χ1v) is 5.24. The SMILES string of the molecule is CCCC/N=C/c1cccnc1Br. The molecule has 70 valence electrons. The first-order chi connectivity index (χ1) is 6.34. The van der Waals surface area contributed by atoms with Crippen LogP contribution in [0.3, 0.4) is 0 Å². The summed E-state index contributed by atoms with van der Waals surface area (Å²) in [6.45, 7) is 3.06. The summed E-state index contributed by atoms with van der Waals surface area (Å²) in [6, 6.07) is 3.90. The van der Waals surface area contributed by atoms with Gasteiger partial charge in [0.25, 0.3) is 0 Å². The highest BCUT2D eigenvalue weighted by atomic mass is 79.9. The summed E-state index contributed by atoms with van der Waals surface area (Å²) in [4.78, 5) is 8.40. The minimum Gasteiger partial charge on any atom is -0.292 e. The van der Waals surface area contributed by atoms with Gasteiger partial charge in [-0.25, -0.2) is 4.98 Å². The summed E-state index contributed by atoms with van der Waals surface area (Å²) in [5.74, 6) is 0. The Morgan fingerprint density at radius 1 is 1.62 bits per heavy atom. The van der Waals surface area contributed by atoms with Crippen molar-refractivity contribution in [2.45, 2.75) is 19.8 Å². The van der Waals surface area contributed by atoms with E-state index in [9.17, 15) is 0 Å². The zero-order chi connectivity index (χ0) is 9.52. The Hall–Kier alpha value is -0.700. The predicted molar refractivity (Wildman–Crippen MR) is 59.3 cm³/mol. The number of aliphatic imine (C=N–C) groups is 1. The van der Waals surface area contributed by atoms with Gasteiger partial charge in [-0.3, -0.25) is 4.99 Å².